The topological polar surface area (TPSA) is 41.5 Å². The number of halogens is 3. The third kappa shape index (κ3) is 9.67. The van der Waals surface area contributed by atoms with Gasteiger partial charge in [0.05, 0.1) is 13.2 Å². The highest BCUT2D eigenvalue weighted by molar-refractivity contribution is 4.43. The van der Waals surface area contributed by atoms with Crippen LogP contribution >= 0.6 is 0 Å². The summed E-state index contributed by atoms with van der Waals surface area (Å²) < 4.78 is 37.2. The molecule has 6 heteroatoms. The minimum Gasteiger partial charge on any atom is -0.395 e. The molecule has 0 aliphatic carbocycles. The fourth-order valence-electron chi connectivity index (χ4n) is 0.443. The number of alkyl halides is 3. The highest BCUT2D eigenvalue weighted by Crippen LogP contribution is 2.14. The van der Waals surface area contributed by atoms with E-state index in [9.17, 15) is 13.2 Å². The van der Waals surface area contributed by atoms with Crippen molar-refractivity contribution in [3.8, 4) is 0 Å². The summed E-state index contributed by atoms with van der Waals surface area (Å²) in [4.78, 5) is 0. The molecule has 0 amide bonds. The SMILES string of the molecule is OCCNCCOC(F)(F)F. The number of aliphatic hydroxyl groups excluding tert-OH is 1. The summed E-state index contributed by atoms with van der Waals surface area (Å²) in [6.07, 6.45) is -4.55. The molecule has 0 aromatic carbocycles. The van der Waals surface area contributed by atoms with Gasteiger partial charge < -0.3 is 10.4 Å². The van der Waals surface area contributed by atoms with Crippen LogP contribution in [0.5, 0.6) is 0 Å². The van der Waals surface area contributed by atoms with Crippen molar-refractivity contribution < 1.29 is 23.0 Å². The first-order valence-electron chi connectivity index (χ1n) is 3.08. The quantitative estimate of drug-likeness (QED) is 0.579. The average molecular weight is 173 g/mol. The third-order valence-electron chi connectivity index (χ3n) is 0.833. The highest BCUT2D eigenvalue weighted by atomic mass is 19.4. The molecule has 0 atom stereocenters. The van der Waals surface area contributed by atoms with Gasteiger partial charge in [-0.2, -0.15) is 0 Å². The smallest absolute Gasteiger partial charge is 0.395 e. The van der Waals surface area contributed by atoms with Gasteiger partial charge in [-0.05, 0) is 0 Å². The van der Waals surface area contributed by atoms with Crippen LogP contribution in [-0.2, 0) is 4.74 Å². The van der Waals surface area contributed by atoms with Gasteiger partial charge in [-0.15, -0.1) is 13.2 Å². The zero-order valence-corrected chi connectivity index (χ0v) is 5.82. The lowest BCUT2D eigenvalue weighted by Crippen LogP contribution is -2.26. The Morgan fingerprint density at radius 2 is 1.91 bits per heavy atom. The van der Waals surface area contributed by atoms with Crippen molar-refractivity contribution in [3.63, 3.8) is 0 Å². The van der Waals surface area contributed by atoms with Crippen LogP contribution in [0.1, 0.15) is 0 Å². The maximum Gasteiger partial charge on any atom is 0.522 e. The van der Waals surface area contributed by atoms with Crippen LogP contribution in [0, 0.1) is 0 Å². The first kappa shape index (κ1) is 10.7. The first-order chi connectivity index (χ1) is 5.06. The number of aliphatic hydroxyl groups is 1. The van der Waals surface area contributed by atoms with Crippen LogP contribution < -0.4 is 5.32 Å². The third-order valence-corrected chi connectivity index (χ3v) is 0.833. The first-order valence-corrected chi connectivity index (χ1v) is 3.08. The molecule has 0 fully saturated rings. The predicted octanol–water partition coefficient (Wildman–Crippen LogP) is 0.105. The van der Waals surface area contributed by atoms with Crippen molar-refractivity contribution in [2.24, 2.45) is 0 Å². The van der Waals surface area contributed by atoms with Gasteiger partial charge in [0, 0.05) is 13.1 Å². The lowest BCUT2D eigenvalue weighted by Gasteiger charge is -2.06. The minimum atomic E-state index is -4.55. The van der Waals surface area contributed by atoms with Crippen molar-refractivity contribution in [2.45, 2.75) is 6.36 Å². The number of nitrogens with one attached hydrogen (secondary N) is 1. The molecule has 0 rings (SSSR count). The minimum absolute atomic E-state index is 0.0834. The van der Waals surface area contributed by atoms with E-state index in [0.717, 1.165) is 0 Å². The molecule has 3 nitrogen and oxygen atoms in total. The molecular weight excluding hydrogens is 163 g/mol. The van der Waals surface area contributed by atoms with Gasteiger partial charge in [0.1, 0.15) is 0 Å². The van der Waals surface area contributed by atoms with Gasteiger partial charge in [-0.3, -0.25) is 4.74 Å². The van der Waals surface area contributed by atoms with Crippen LogP contribution in [0.15, 0.2) is 0 Å². The van der Waals surface area contributed by atoms with E-state index >= 15 is 0 Å². The van der Waals surface area contributed by atoms with Gasteiger partial charge in [-0.25, -0.2) is 0 Å². The van der Waals surface area contributed by atoms with Crippen LogP contribution in [0.4, 0.5) is 13.2 Å². The van der Waals surface area contributed by atoms with Gasteiger partial charge in [0.25, 0.3) is 0 Å². The van der Waals surface area contributed by atoms with E-state index in [2.05, 4.69) is 10.1 Å². The van der Waals surface area contributed by atoms with Gasteiger partial charge in [0.15, 0.2) is 0 Å². The average Bonchev–Trinajstić information content (AvgIpc) is 1.85. The molecule has 0 saturated heterocycles. The predicted molar refractivity (Wildman–Crippen MR) is 32.0 cm³/mol. The zero-order chi connectivity index (χ0) is 8.74. The molecule has 0 heterocycles. The van der Waals surface area contributed by atoms with Crippen molar-refractivity contribution >= 4 is 0 Å². The Morgan fingerprint density at radius 3 is 2.36 bits per heavy atom. The van der Waals surface area contributed by atoms with E-state index in [1.54, 1.807) is 0 Å². The molecule has 0 unspecified atom stereocenters. The second-order valence-corrected chi connectivity index (χ2v) is 1.77. The number of ether oxygens (including phenoxy) is 1. The standard InChI is InChI=1S/C5H10F3NO2/c6-5(7,8)11-4-2-9-1-3-10/h9-10H,1-4H2. The van der Waals surface area contributed by atoms with E-state index in [1.807, 2.05) is 0 Å². The summed E-state index contributed by atoms with van der Waals surface area (Å²) in [6, 6.07) is 0. The largest absolute Gasteiger partial charge is 0.522 e. The van der Waals surface area contributed by atoms with E-state index in [-0.39, 0.29) is 19.7 Å². The van der Waals surface area contributed by atoms with E-state index in [4.69, 9.17) is 5.11 Å². The molecule has 68 valence electrons. The molecule has 0 spiro atoms. The highest BCUT2D eigenvalue weighted by Gasteiger charge is 2.28. The molecule has 11 heavy (non-hydrogen) atoms. The van der Waals surface area contributed by atoms with Crippen molar-refractivity contribution in [3.05, 3.63) is 0 Å². The lowest BCUT2D eigenvalue weighted by atomic mass is 10.6. The molecule has 0 aliphatic rings. The van der Waals surface area contributed by atoms with Crippen LogP contribution in [0.2, 0.25) is 0 Å². The molecule has 0 aromatic rings. The molecule has 0 saturated carbocycles. The monoisotopic (exact) mass is 173 g/mol. The Morgan fingerprint density at radius 1 is 1.27 bits per heavy atom. The Bertz CT molecular complexity index is 96.2. The van der Waals surface area contributed by atoms with E-state index in [0.29, 0.717) is 0 Å². The molecular formula is C5H10F3NO2. The second kappa shape index (κ2) is 5.34. The van der Waals surface area contributed by atoms with Crippen molar-refractivity contribution in [1.82, 2.24) is 5.32 Å². The Labute approximate surface area is 62.2 Å². The van der Waals surface area contributed by atoms with Gasteiger partial charge in [0.2, 0.25) is 0 Å². The van der Waals surface area contributed by atoms with Crippen LogP contribution in [0.3, 0.4) is 0 Å². The Kier molecular flexibility index (Phi) is 5.18. The zero-order valence-electron chi connectivity index (χ0n) is 5.82. The summed E-state index contributed by atoms with van der Waals surface area (Å²) in [5.74, 6) is 0. The normalized spacial score (nSPS) is 12.0. The van der Waals surface area contributed by atoms with Gasteiger partial charge in [-0.1, -0.05) is 0 Å². The second-order valence-electron chi connectivity index (χ2n) is 1.77. The van der Waals surface area contributed by atoms with Crippen molar-refractivity contribution in [2.75, 3.05) is 26.3 Å². The van der Waals surface area contributed by atoms with E-state index in [1.165, 1.54) is 0 Å². The molecule has 0 aliphatic heterocycles. The Balaban J connectivity index is 3.02. The Hall–Kier alpha value is -0.330. The molecule has 0 radical (unpaired) electrons. The maximum atomic E-state index is 11.3. The summed E-state index contributed by atoms with van der Waals surface area (Å²) in [7, 11) is 0. The summed E-state index contributed by atoms with van der Waals surface area (Å²) in [5.41, 5.74) is 0. The lowest BCUT2D eigenvalue weighted by molar-refractivity contribution is -0.323. The summed E-state index contributed by atoms with van der Waals surface area (Å²) in [6.45, 7) is -0.156. The fourth-order valence-corrected chi connectivity index (χ4v) is 0.443. The molecule has 0 bridgehead atoms. The maximum absolute atomic E-state index is 11.3. The summed E-state index contributed by atoms with van der Waals surface area (Å²) in [5, 5.41) is 10.7. The number of hydrogen-bond acceptors (Lipinski definition) is 3. The van der Waals surface area contributed by atoms with Crippen molar-refractivity contribution in [1.29, 1.82) is 0 Å². The molecule has 2 N–H and O–H groups in total. The number of hydrogen-bond donors (Lipinski definition) is 2. The van der Waals surface area contributed by atoms with Crippen LogP contribution in [-0.4, -0.2) is 37.8 Å². The fraction of sp³-hybridized carbons (Fsp3) is 1.00. The number of rotatable bonds is 5. The van der Waals surface area contributed by atoms with Crippen LogP contribution in [0.25, 0.3) is 0 Å². The van der Waals surface area contributed by atoms with E-state index < -0.39 is 13.0 Å². The summed E-state index contributed by atoms with van der Waals surface area (Å²) >= 11 is 0. The van der Waals surface area contributed by atoms with Gasteiger partial charge >= 0.3 is 6.36 Å². The molecule has 0 aromatic heterocycles.